The number of aromatic nitrogens is 4. The number of carbonyl (C=O) groups is 1. The van der Waals surface area contributed by atoms with Crippen LogP contribution < -0.4 is 4.68 Å². The van der Waals surface area contributed by atoms with E-state index < -0.39 is 21.6 Å². The van der Waals surface area contributed by atoms with Gasteiger partial charge in [-0.2, -0.15) is 0 Å². The maximum atomic E-state index is 11.5. The Hall–Kier alpha value is -2.42. The van der Waals surface area contributed by atoms with Gasteiger partial charge in [0, 0.05) is 24.0 Å². The van der Waals surface area contributed by atoms with E-state index in [2.05, 4.69) is 15.1 Å². The lowest BCUT2D eigenvalue weighted by atomic mass is 10.3. The lowest BCUT2D eigenvalue weighted by molar-refractivity contribution is -0.749. The van der Waals surface area contributed by atoms with Crippen LogP contribution in [-0.2, 0) is 21.2 Å². The molecule has 0 saturated carbocycles. The molecule has 0 aliphatic rings. The molecule has 110 valence electrons. The first-order valence-electron chi connectivity index (χ1n) is 6.02. The van der Waals surface area contributed by atoms with Crippen LogP contribution >= 0.6 is 0 Å². The maximum Gasteiger partial charge on any atom is 0.318 e. The van der Waals surface area contributed by atoms with E-state index in [1.54, 1.807) is 30.7 Å². The number of carboxylic acids is 1. The second-order valence-electron chi connectivity index (χ2n) is 4.24. The molecule has 0 atom stereocenters. The first-order chi connectivity index (χ1) is 9.96. The molecule has 0 aromatic carbocycles. The average Bonchev–Trinajstić information content (AvgIpc) is 2.45. The number of aliphatic carboxylic acids is 1. The van der Waals surface area contributed by atoms with Gasteiger partial charge >= 0.3 is 5.97 Å². The van der Waals surface area contributed by atoms with E-state index in [0.29, 0.717) is 11.4 Å². The Morgan fingerprint density at radius 2 is 2.00 bits per heavy atom. The van der Waals surface area contributed by atoms with Gasteiger partial charge in [0.1, 0.15) is 17.7 Å². The smallest absolute Gasteiger partial charge is 0.318 e. The monoisotopic (exact) mass is 309 g/mol. The van der Waals surface area contributed by atoms with Crippen molar-refractivity contribution in [2.45, 2.75) is 6.54 Å². The topological polar surface area (TPSA) is 114 Å². The van der Waals surface area contributed by atoms with Crippen LogP contribution in [-0.4, -0.2) is 46.1 Å². The van der Waals surface area contributed by atoms with E-state index in [1.165, 1.54) is 10.9 Å². The summed E-state index contributed by atoms with van der Waals surface area (Å²) in [5, 5.41) is 12.6. The van der Waals surface area contributed by atoms with Gasteiger partial charge in [-0.1, -0.05) is 4.68 Å². The molecule has 0 radical (unpaired) electrons. The molecule has 2 aromatic rings. The molecule has 2 heterocycles. The fraction of sp³-hybridized carbons (Fsp3) is 0.250. The summed E-state index contributed by atoms with van der Waals surface area (Å²) in [5.41, 5.74) is 0.709. The zero-order valence-electron chi connectivity index (χ0n) is 11.0. The van der Waals surface area contributed by atoms with Gasteiger partial charge in [0.05, 0.1) is 0 Å². The van der Waals surface area contributed by atoms with Crippen LogP contribution in [0.2, 0.25) is 0 Å². The zero-order valence-corrected chi connectivity index (χ0v) is 11.8. The Morgan fingerprint density at radius 1 is 1.29 bits per heavy atom. The third kappa shape index (κ3) is 4.56. The van der Waals surface area contributed by atoms with Crippen molar-refractivity contribution in [3.63, 3.8) is 0 Å². The summed E-state index contributed by atoms with van der Waals surface area (Å²) in [6, 6.07) is 3.42. The summed E-state index contributed by atoms with van der Waals surface area (Å²) in [4.78, 5) is 18.6. The quantitative estimate of drug-likeness (QED) is 0.703. The van der Waals surface area contributed by atoms with Crippen molar-refractivity contribution in [2.75, 3.05) is 11.5 Å². The number of sulfone groups is 1. The van der Waals surface area contributed by atoms with Crippen LogP contribution in [0, 0.1) is 0 Å². The van der Waals surface area contributed by atoms with Gasteiger partial charge in [-0.25, -0.2) is 18.4 Å². The standard InChI is InChI=1S/C12H12N4O4S/c17-11(18)9-21(19,20)7-6-16-5-2-10(8-15-16)12-13-3-1-4-14-12/h1-5,8H,6-7,9H2/p+1. The van der Waals surface area contributed by atoms with Crippen molar-refractivity contribution >= 4 is 15.8 Å². The Balaban J connectivity index is 2.02. The van der Waals surface area contributed by atoms with Crippen LogP contribution in [0.3, 0.4) is 0 Å². The molecule has 2 rings (SSSR count). The lowest BCUT2D eigenvalue weighted by Crippen LogP contribution is -2.41. The van der Waals surface area contributed by atoms with Gasteiger partial charge < -0.3 is 5.11 Å². The minimum absolute atomic E-state index is 0.0888. The van der Waals surface area contributed by atoms with Crippen LogP contribution in [0.4, 0.5) is 0 Å². The highest BCUT2D eigenvalue weighted by molar-refractivity contribution is 7.92. The molecule has 1 N–H and O–H groups in total. The number of aryl methyl sites for hydroxylation is 1. The normalized spacial score (nSPS) is 11.2. The van der Waals surface area contributed by atoms with Crippen molar-refractivity contribution in [1.82, 2.24) is 15.1 Å². The molecule has 0 amide bonds. The van der Waals surface area contributed by atoms with Crippen LogP contribution in [0.25, 0.3) is 11.4 Å². The number of hydrogen-bond donors (Lipinski definition) is 1. The van der Waals surface area contributed by atoms with Gasteiger partial charge in [0.2, 0.25) is 0 Å². The minimum atomic E-state index is -3.63. The van der Waals surface area contributed by atoms with Crippen molar-refractivity contribution in [1.29, 1.82) is 0 Å². The predicted molar refractivity (Wildman–Crippen MR) is 71.7 cm³/mol. The molecule has 0 aliphatic carbocycles. The van der Waals surface area contributed by atoms with E-state index in [9.17, 15) is 13.2 Å². The molecular weight excluding hydrogens is 296 g/mol. The molecule has 0 fully saturated rings. The van der Waals surface area contributed by atoms with Crippen molar-refractivity contribution in [2.24, 2.45) is 0 Å². The summed E-state index contributed by atoms with van der Waals surface area (Å²) in [6.07, 6.45) is 6.35. The fourth-order valence-corrected chi connectivity index (χ4v) is 2.58. The Bertz CT molecular complexity index is 717. The number of nitrogens with zero attached hydrogens (tertiary/aromatic N) is 4. The van der Waals surface area contributed by atoms with Crippen LogP contribution in [0.1, 0.15) is 0 Å². The Labute approximate surface area is 121 Å². The highest BCUT2D eigenvalue weighted by atomic mass is 32.2. The second-order valence-corrected chi connectivity index (χ2v) is 6.42. The van der Waals surface area contributed by atoms with Gasteiger partial charge in [0.25, 0.3) is 0 Å². The van der Waals surface area contributed by atoms with Crippen LogP contribution in [0.15, 0.2) is 36.9 Å². The van der Waals surface area contributed by atoms with Crippen molar-refractivity contribution in [3.8, 4) is 11.4 Å². The summed E-state index contributed by atoms with van der Waals surface area (Å²) in [6.45, 7) is 0.0888. The van der Waals surface area contributed by atoms with E-state index in [1.807, 2.05) is 0 Å². The third-order valence-corrected chi connectivity index (χ3v) is 4.06. The Morgan fingerprint density at radius 3 is 2.57 bits per heavy atom. The van der Waals surface area contributed by atoms with Crippen molar-refractivity contribution in [3.05, 3.63) is 36.9 Å². The number of carboxylic acid groups (broad SMARTS) is 1. The third-order valence-electron chi connectivity index (χ3n) is 2.57. The second kappa shape index (κ2) is 6.35. The number of hydrogen-bond acceptors (Lipinski definition) is 6. The molecule has 9 heteroatoms. The fourth-order valence-electron chi connectivity index (χ4n) is 1.59. The zero-order chi connectivity index (χ0) is 15.3. The summed E-state index contributed by atoms with van der Waals surface area (Å²) in [7, 11) is -3.63. The van der Waals surface area contributed by atoms with Gasteiger partial charge in [-0.15, -0.1) is 0 Å². The highest BCUT2D eigenvalue weighted by Gasteiger charge is 2.18. The number of rotatable bonds is 6. The van der Waals surface area contributed by atoms with E-state index in [0.717, 1.165) is 0 Å². The lowest BCUT2D eigenvalue weighted by Gasteiger charge is -1.99. The molecule has 0 aliphatic heterocycles. The summed E-state index contributed by atoms with van der Waals surface area (Å²) < 4.78 is 24.3. The molecular formula is C12H13N4O4S+. The van der Waals surface area contributed by atoms with Crippen molar-refractivity contribution < 1.29 is 23.0 Å². The molecule has 8 nitrogen and oxygen atoms in total. The van der Waals surface area contributed by atoms with Gasteiger partial charge in [0.15, 0.2) is 28.4 Å². The molecule has 2 aromatic heterocycles. The molecule has 0 bridgehead atoms. The predicted octanol–water partition coefficient (Wildman–Crippen LogP) is -0.674. The van der Waals surface area contributed by atoms with E-state index >= 15 is 0 Å². The average molecular weight is 309 g/mol. The Kier molecular flexibility index (Phi) is 4.53. The first-order valence-corrected chi connectivity index (χ1v) is 7.84. The largest absolute Gasteiger partial charge is 0.480 e. The maximum absolute atomic E-state index is 11.5. The van der Waals surface area contributed by atoms with Gasteiger partial charge in [-0.05, 0) is 11.2 Å². The van der Waals surface area contributed by atoms with Crippen LogP contribution in [0.5, 0.6) is 0 Å². The van der Waals surface area contributed by atoms with E-state index in [4.69, 9.17) is 5.11 Å². The molecule has 21 heavy (non-hydrogen) atoms. The van der Waals surface area contributed by atoms with E-state index in [-0.39, 0.29) is 12.3 Å². The first kappa shape index (κ1) is 15.0. The summed E-state index contributed by atoms with van der Waals surface area (Å²) in [5.74, 6) is -1.98. The SMILES string of the molecule is O=C(O)CS(=O)(=O)CC[n+]1ccc(-c2ncccn2)cn1. The minimum Gasteiger partial charge on any atom is -0.480 e. The molecule has 0 spiro atoms. The molecule has 0 unspecified atom stereocenters. The highest BCUT2D eigenvalue weighted by Crippen LogP contribution is 2.09. The van der Waals surface area contributed by atoms with Gasteiger partial charge in [-0.3, -0.25) is 4.79 Å². The summed E-state index contributed by atoms with van der Waals surface area (Å²) >= 11 is 0. The molecule has 0 saturated heterocycles.